The number of hydrogen-bond acceptors (Lipinski definition) is 2. The van der Waals surface area contributed by atoms with Crippen molar-refractivity contribution in [3.63, 3.8) is 0 Å². The summed E-state index contributed by atoms with van der Waals surface area (Å²) in [6.07, 6.45) is 0. The van der Waals surface area contributed by atoms with Gasteiger partial charge in [-0.2, -0.15) is 4.39 Å². The predicted octanol–water partition coefficient (Wildman–Crippen LogP) is 2.48. The summed E-state index contributed by atoms with van der Waals surface area (Å²) in [5.74, 6) is -2.62. The lowest BCUT2D eigenvalue weighted by atomic mass is 10.3. The van der Waals surface area contributed by atoms with Crippen molar-refractivity contribution in [1.82, 2.24) is 0 Å². The van der Waals surface area contributed by atoms with Gasteiger partial charge in [-0.1, -0.05) is 0 Å². The molecule has 0 aliphatic heterocycles. The number of hydrogen-bond donors (Lipinski definition) is 0. The molecule has 0 unspecified atom stereocenters. The number of benzene rings is 1. The molecule has 12 heavy (non-hydrogen) atoms. The molecular formula is C6H2F2INO2. The minimum atomic E-state index is -1.42. The van der Waals surface area contributed by atoms with Crippen LogP contribution in [0.5, 0.6) is 0 Å². The Labute approximate surface area is 79.7 Å². The average Bonchev–Trinajstić information content (AvgIpc) is 1.96. The molecule has 0 saturated carbocycles. The summed E-state index contributed by atoms with van der Waals surface area (Å²) in [5, 5.41) is 10.1. The first-order valence-corrected chi connectivity index (χ1v) is 3.89. The van der Waals surface area contributed by atoms with Crippen molar-refractivity contribution in [2.24, 2.45) is 0 Å². The maximum atomic E-state index is 12.6. The lowest BCUT2D eigenvalue weighted by Crippen LogP contribution is -1.96. The Morgan fingerprint density at radius 2 is 2.00 bits per heavy atom. The number of rotatable bonds is 1. The van der Waals surface area contributed by atoms with Crippen LogP contribution in [-0.4, -0.2) is 4.92 Å². The van der Waals surface area contributed by atoms with Gasteiger partial charge in [-0.3, -0.25) is 10.1 Å². The van der Waals surface area contributed by atoms with Gasteiger partial charge in [0.15, 0.2) is 5.82 Å². The lowest BCUT2D eigenvalue weighted by Gasteiger charge is -1.95. The van der Waals surface area contributed by atoms with E-state index < -0.39 is 22.2 Å². The van der Waals surface area contributed by atoms with Crippen LogP contribution in [0.4, 0.5) is 14.5 Å². The Balaban J connectivity index is 3.37. The highest BCUT2D eigenvalue weighted by molar-refractivity contribution is 14.1. The van der Waals surface area contributed by atoms with Crippen LogP contribution in [0.25, 0.3) is 0 Å². The summed E-state index contributed by atoms with van der Waals surface area (Å²) in [6.45, 7) is 0. The van der Waals surface area contributed by atoms with Crippen molar-refractivity contribution in [2.75, 3.05) is 0 Å². The molecule has 0 aliphatic carbocycles. The quantitative estimate of drug-likeness (QED) is 0.344. The second kappa shape index (κ2) is 3.30. The van der Waals surface area contributed by atoms with Crippen molar-refractivity contribution >= 4 is 28.3 Å². The van der Waals surface area contributed by atoms with Crippen molar-refractivity contribution in [2.45, 2.75) is 0 Å². The summed E-state index contributed by atoms with van der Waals surface area (Å²) in [5.41, 5.74) is -0.834. The molecule has 6 heteroatoms. The van der Waals surface area contributed by atoms with Gasteiger partial charge in [0.2, 0.25) is 5.82 Å². The second-order valence-corrected chi connectivity index (χ2v) is 3.22. The van der Waals surface area contributed by atoms with Crippen LogP contribution in [-0.2, 0) is 0 Å². The summed E-state index contributed by atoms with van der Waals surface area (Å²) < 4.78 is 25.4. The van der Waals surface area contributed by atoms with E-state index in [0.717, 1.165) is 12.1 Å². The van der Waals surface area contributed by atoms with E-state index in [1.165, 1.54) is 0 Å². The van der Waals surface area contributed by atoms with Crippen LogP contribution >= 0.6 is 22.6 Å². The molecule has 1 aromatic rings. The molecular weight excluding hydrogens is 283 g/mol. The molecule has 0 N–H and O–H groups in total. The van der Waals surface area contributed by atoms with Gasteiger partial charge in [0.1, 0.15) is 0 Å². The van der Waals surface area contributed by atoms with Crippen LogP contribution in [0.15, 0.2) is 12.1 Å². The molecule has 0 aromatic heterocycles. The van der Waals surface area contributed by atoms with E-state index in [1.54, 1.807) is 22.6 Å². The third-order valence-electron chi connectivity index (χ3n) is 1.17. The first kappa shape index (κ1) is 9.30. The SMILES string of the molecule is O=[N+]([O-])c1cc(I)cc(F)c1F. The molecule has 0 fully saturated rings. The summed E-state index contributed by atoms with van der Waals surface area (Å²) >= 11 is 1.67. The zero-order valence-corrected chi connectivity index (χ0v) is 7.71. The van der Waals surface area contributed by atoms with Crippen LogP contribution in [0.2, 0.25) is 0 Å². The molecule has 0 saturated heterocycles. The van der Waals surface area contributed by atoms with Gasteiger partial charge in [0.05, 0.1) is 4.92 Å². The minimum absolute atomic E-state index is 0.290. The van der Waals surface area contributed by atoms with E-state index in [9.17, 15) is 18.9 Å². The average molecular weight is 285 g/mol. The Bertz CT molecular complexity index is 343. The number of nitro benzene ring substituents is 1. The molecule has 0 amide bonds. The summed E-state index contributed by atoms with van der Waals surface area (Å²) in [7, 11) is 0. The highest BCUT2D eigenvalue weighted by atomic mass is 127. The van der Waals surface area contributed by atoms with Crippen molar-refractivity contribution in [1.29, 1.82) is 0 Å². The minimum Gasteiger partial charge on any atom is -0.258 e. The molecule has 0 atom stereocenters. The number of nitrogens with zero attached hydrogens (tertiary/aromatic N) is 1. The van der Waals surface area contributed by atoms with Gasteiger partial charge < -0.3 is 0 Å². The fourth-order valence-corrected chi connectivity index (χ4v) is 1.24. The lowest BCUT2D eigenvalue weighted by molar-refractivity contribution is -0.387. The third kappa shape index (κ3) is 1.68. The highest BCUT2D eigenvalue weighted by Crippen LogP contribution is 2.22. The normalized spacial score (nSPS) is 9.92. The van der Waals surface area contributed by atoms with Gasteiger partial charge in [0, 0.05) is 9.64 Å². The largest absolute Gasteiger partial charge is 0.308 e. The smallest absolute Gasteiger partial charge is 0.258 e. The first-order valence-electron chi connectivity index (χ1n) is 2.81. The molecule has 0 aliphatic rings. The van der Waals surface area contributed by atoms with Gasteiger partial charge in [-0.15, -0.1) is 0 Å². The van der Waals surface area contributed by atoms with E-state index in [1.807, 2.05) is 0 Å². The molecule has 0 spiro atoms. The molecule has 0 radical (unpaired) electrons. The Morgan fingerprint density at radius 1 is 1.42 bits per heavy atom. The van der Waals surface area contributed by atoms with E-state index in [-0.39, 0.29) is 0 Å². The third-order valence-corrected chi connectivity index (χ3v) is 1.79. The Hall–Kier alpha value is -0.790. The fraction of sp³-hybridized carbons (Fsp3) is 0. The van der Waals surface area contributed by atoms with E-state index in [2.05, 4.69) is 0 Å². The van der Waals surface area contributed by atoms with E-state index in [0.29, 0.717) is 3.57 Å². The van der Waals surface area contributed by atoms with Crippen molar-refractivity contribution in [3.05, 3.63) is 37.5 Å². The van der Waals surface area contributed by atoms with Gasteiger partial charge >= 0.3 is 5.69 Å². The Kier molecular flexibility index (Phi) is 2.55. The maximum Gasteiger partial charge on any atom is 0.308 e. The highest BCUT2D eigenvalue weighted by Gasteiger charge is 2.18. The zero-order chi connectivity index (χ0) is 9.30. The molecule has 3 nitrogen and oxygen atoms in total. The fourth-order valence-electron chi connectivity index (χ4n) is 0.675. The van der Waals surface area contributed by atoms with Crippen LogP contribution < -0.4 is 0 Å². The van der Waals surface area contributed by atoms with Gasteiger partial charge in [0.25, 0.3) is 0 Å². The van der Waals surface area contributed by atoms with E-state index >= 15 is 0 Å². The molecule has 1 rings (SSSR count). The summed E-state index contributed by atoms with van der Waals surface area (Å²) in [4.78, 5) is 9.16. The molecule has 1 aromatic carbocycles. The monoisotopic (exact) mass is 285 g/mol. The second-order valence-electron chi connectivity index (χ2n) is 1.98. The standard InChI is InChI=1S/C6H2F2INO2/c7-4-1-3(9)2-5(6(4)8)10(11)12/h1-2H. The van der Waals surface area contributed by atoms with E-state index in [4.69, 9.17) is 0 Å². The number of nitro groups is 1. The predicted molar refractivity (Wildman–Crippen MR) is 45.7 cm³/mol. The first-order chi connectivity index (χ1) is 5.52. The van der Waals surface area contributed by atoms with Crippen LogP contribution in [0.1, 0.15) is 0 Å². The molecule has 0 bridgehead atoms. The zero-order valence-electron chi connectivity index (χ0n) is 5.55. The van der Waals surface area contributed by atoms with Gasteiger partial charge in [-0.25, -0.2) is 4.39 Å². The van der Waals surface area contributed by atoms with Gasteiger partial charge in [-0.05, 0) is 28.7 Å². The Morgan fingerprint density at radius 3 is 2.50 bits per heavy atom. The summed E-state index contributed by atoms with van der Waals surface area (Å²) in [6, 6.07) is 1.86. The van der Waals surface area contributed by atoms with Crippen LogP contribution in [0.3, 0.4) is 0 Å². The molecule has 64 valence electrons. The van der Waals surface area contributed by atoms with Crippen molar-refractivity contribution < 1.29 is 13.7 Å². The maximum absolute atomic E-state index is 12.6. The topological polar surface area (TPSA) is 43.1 Å². The molecule has 0 heterocycles. The van der Waals surface area contributed by atoms with Crippen LogP contribution in [0, 0.1) is 25.3 Å². The van der Waals surface area contributed by atoms with Crippen molar-refractivity contribution in [3.8, 4) is 0 Å². The number of halogens is 3.